The number of nitrogens with one attached hydrogen (secondary N) is 1. The third-order valence-corrected chi connectivity index (χ3v) is 2.74. The highest BCUT2D eigenvalue weighted by atomic mass is 16.5. The summed E-state index contributed by atoms with van der Waals surface area (Å²) in [7, 11) is 0. The van der Waals surface area contributed by atoms with Gasteiger partial charge in [-0.15, -0.1) is 0 Å². The average molecular weight is 172 g/mol. The molecule has 0 aliphatic carbocycles. The lowest BCUT2D eigenvalue weighted by Gasteiger charge is -2.36. The molecule has 0 bridgehead atoms. The predicted octanol–water partition coefficient (Wildman–Crippen LogP) is 0.351. The first-order chi connectivity index (χ1) is 5.83. The maximum Gasteiger partial charge on any atom is 0.0472 e. The van der Waals surface area contributed by atoms with Crippen molar-refractivity contribution in [2.45, 2.75) is 19.8 Å². The summed E-state index contributed by atoms with van der Waals surface area (Å²) in [5, 5.41) is 3.37. The van der Waals surface area contributed by atoms with Gasteiger partial charge in [0.25, 0.3) is 0 Å². The zero-order chi connectivity index (χ0) is 8.86. The third-order valence-electron chi connectivity index (χ3n) is 2.74. The molecule has 0 unspecified atom stereocenters. The fraction of sp³-hybridized carbons (Fsp3) is 1.00. The van der Waals surface area contributed by atoms with Crippen LogP contribution in [0.25, 0.3) is 0 Å². The Kier molecular flexibility index (Phi) is 3.98. The second-order valence-electron chi connectivity index (χ2n) is 3.60. The second kappa shape index (κ2) is 4.80. The van der Waals surface area contributed by atoms with Crippen LogP contribution in [-0.4, -0.2) is 32.8 Å². The molecule has 3 heteroatoms. The molecule has 1 saturated heterocycles. The molecule has 1 fully saturated rings. The zero-order valence-electron chi connectivity index (χ0n) is 7.94. The Bertz CT molecular complexity index is 122. The second-order valence-corrected chi connectivity index (χ2v) is 3.60. The van der Waals surface area contributed by atoms with Gasteiger partial charge < -0.3 is 15.8 Å². The summed E-state index contributed by atoms with van der Waals surface area (Å²) >= 11 is 0. The zero-order valence-corrected chi connectivity index (χ0v) is 7.94. The van der Waals surface area contributed by atoms with E-state index in [1.807, 2.05) is 0 Å². The quantitative estimate of drug-likeness (QED) is 0.643. The van der Waals surface area contributed by atoms with Gasteiger partial charge in [0.2, 0.25) is 0 Å². The summed E-state index contributed by atoms with van der Waals surface area (Å²) in [6.45, 7) is 6.74. The Hall–Kier alpha value is -0.120. The Morgan fingerprint density at radius 2 is 2.08 bits per heavy atom. The topological polar surface area (TPSA) is 47.3 Å². The van der Waals surface area contributed by atoms with E-state index < -0.39 is 0 Å². The molecule has 0 aromatic rings. The lowest BCUT2D eigenvalue weighted by Crippen LogP contribution is -2.44. The molecule has 1 heterocycles. The lowest BCUT2D eigenvalue weighted by molar-refractivity contribution is 0.0195. The fourth-order valence-electron chi connectivity index (χ4n) is 1.65. The molecule has 1 aliphatic rings. The van der Waals surface area contributed by atoms with E-state index in [2.05, 4.69) is 12.2 Å². The first-order valence-corrected chi connectivity index (χ1v) is 4.81. The minimum absolute atomic E-state index is 0.314. The SMILES string of the molecule is CCNCC1(CN)CCOCC1. The fourth-order valence-corrected chi connectivity index (χ4v) is 1.65. The van der Waals surface area contributed by atoms with Crippen LogP contribution in [0.1, 0.15) is 19.8 Å². The predicted molar refractivity (Wildman–Crippen MR) is 50.1 cm³/mol. The van der Waals surface area contributed by atoms with Crippen molar-refractivity contribution < 1.29 is 4.74 Å². The highest BCUT2D eigenvalue weighted by Crippen LogP contribution is 2.28. The van der Waals surface area contributed by atoms with E-state index in [9.17, 15) is 0 Å². The van der Waals surface area contributed by atoms with Gasteiger partial charge in [-0.25, -0.2) is 0 Å². The van der Waals surface area contributed by atoms with E-state index in [1.165, 1.54) is 0 Å². The van der Waals surface area contributed by atoms with Crippen molar-refractivity contribution >= 4 is 0 Å². The molecule has 0 radical (unpaired) electrons. The van der Waals surface area contributed by atoms with Crippen molar-refractivity contribution in [1.29, 1.82) is 0 Å². The number of hydrogen-bond donors (Lipinski definition) is 2. The van der Waals surface area contributed by atoms with E-state index in [-0.39, 0.29) is 0 Å². The third kappa shape index (κ3) is 2.44. The summed E-state index contributed by atoms with van der Waals surface area (Å²) in [6.07, 6.45) is 2.22. The Morgan fingerprint density at radius 3 is 2.58 bits per heavy atom. The number of ether oxygens (including phenoxy) is 1. The molecule has 0 atom stereocenters. The molecule has 72 valence electrons. The van der Waals surface area contributed by atoms with Crippen LogP contribution in [0.4, 0.5) is 0 Å². The van der Waals surface area contributed by atoms with Crippen molar-refractivity contribution in [2.24, 2.45) is 11.1 Å². The maximum atomic E-state index is 5.78. The van der Waals surface area contributed by atoms with Gasteiger partial charge in [0, 0.05) is 19.8 Å². The van der Waals surface area contributed by atoms with Crippen molar-refractivity contribution in [3.05, 3.63) is 0 Å². The molecule has 1 rings (SSSR count). The van der Waals surface area contributed by atoms with Crippen LogP contribution in [-0.2, 0) is 4.74 Å². The molecule has 0 saturated carbocycles. The Morgan fingerprint density at radius 1 is 1.42 bits per heavy atom. The molecule has 0 spiro atoms. The average Bonchev–Trinajstić information content (AvgIpc) is 2.16. The molecule has 3 nitrogen and oxygen atoms in total. The number of rotatable bonds is 4. The first kappa shape index (κ1) is 9.96. The van der Waals surface area contributed by atoms with Gasteiger partial charge in [-0.1, -0.05) is 6.92 Å². The van der Waals surface area contributed by atoms with E-state index in [0.717, 1.165) is 45.7 Å². The van der Waals surface area contributed by atoms with Crippen LogP contribution in [0.15, 0.2) is 0 Å². The smallest absolute Gasteiger partial charge is 0.0472 e. The lowest BCUT2D eigenvalue weighted by atomic mass is 9.80. The standard InChI is InChI=1S/C9H20N2O/c1-2-11-8-9(7-10)3-5-12-6-4-9/h11H,2-8,10H2,1H3. The van der Waals surface area contributed by atoms with E-state index in [4.69, 9.17) is 10.5 Å². The molecule has 12 heavy (non-hydrogen) atoms. The molecular weight excluding hydrogens is 152 g/mol. The minimum Gasteiger partial charge on any atom is -0.381 e. The summed E-state index contributed by atoms with van der Waals surface area (Å²) in [6, 6.07) is 0. The van der Waals surface area contributed by atoms with Crippen LogP contribution in [0.3, 0.4) is 0 Å². The van der Waals surface area contributed by atoms with Crippen molar-refractivity contribution in [2.75, 3.05) is 32.8 Å². The van der Waals surface area contributed by atoms with Crippen LogP contribution < -0.4 is 11.1 Å². The monoisotopic (exact) mass is 172 g/mol. The van der Waals surface area contributed by atoms with Crippen molar-refractivity contribution in [3.8, 4) is 0 Å². The van der Waals surface area contributed by atoms with Gasteiger partial charge in [0.15, 0.2) is 0 Å². The summed E-state index contributed by atoms with van der Waals surface area (Å²) in [4.78, 5) is 0. The minimum atomic E-state index is 0.314. The number of nitrogens with two attached hydrogens (primary N) is 1. The van der Waals surface area contributed by atoms with E-state index in [1.54, 1.807) is 0 Å². The van der Waals surface area contributed by atoms with Crippen LogP contribution in [0.2, 0.25) is 0 Å². The molecule has 3 N–H and O–H groups in total. The Balaban J connectivity index is 2.37. The van der Waals surface area contributed by atoms with Crippen LogP contribution >= 0.6 is 0 Å². The molecule has 1 aliphatic heterocycles. The van der Waals surface area contributed by atoms with Gasteiger partial charge >= 0.3 is 0 Å². The molecular formula is C9H20N2O. The van der Waals surface area contributed by atoms with Crippen molar-refractivity contribution in [3.63, 3.8) is 0 Å². The van der Waals surface area contributed by atoms with Gasteiger partial charge in [-0.3, -0.25) is 0 Å². The molecule has 0 aromatic carbocycles. The summed E-state index contributed by atoms with van der Waals surface area (Å²) < 4.78 is 5.32. The van der Waals surface area contributed by atoms with E-state index in [0.29, 0.717) is 5.41 Å². The molecule has 0 amide bonds. The van der Waals surface area contributed by atoms with Crippen molar-refractivity contribution in [1.82, 2.24) is 5.32 Å². The van der Waals surface area contributed by atoms with Gasteiger partial charge in [-0.2, -0.15) is 0 Å². The molecule has 0 aromatic heterocycles. The van der Waals surface area contributed by atoms with Crippen LogP contribution in [0, 0.1) is 5.41 Å². The number of hydrogen-bond acceptors (Lipinski definition) is 3. The summed E-state index contributed by atoms with van der Waals surface area (Å²) in [5.74, 6) is 0. The highest BCUT2D eigenvalue weighted by Gasteiger charge is 2.30. The highest BCUT2D eigenvalue weighted by molar-refractivity contribution is 4.84. The van der Waals surface area contributed by atoms with Gasteiger partial charge in [-0.05, 0) is 31.3 Å². The normalized spacial score (nSPS) is 22.5. The van der Waals surface area contributed by atoms with Gasteiger partial charge in [0.05, 0.1) is 0 Å². The van der Waals surface area contributed by atoms with Crippen LogP contribution in [0.5, 0.6) is 0 Å². The Labute approximate surface area is 74.7 Å². The largest absolute Gasteiger partial charge is 0.381 e. The first-order valence-electron chi connectivity index (χ1n) is 4.81. The maximum absolute atomic E-state index is 5.78. The van der Waals surface area contributed by atoms with Gasteiger partial charge in [0.1, 0.15) is 0 Å². The summed E-state index contributed by atoms with van der Waals surface area (Å²) in [5.41, 5.74) is 6.10. The van der Waals surface area contributed by atoms with E-state index >= 15 is 0 Å².